The third-order valence-corrected chi connectivity index (χ3v) is 3.57. The number of methoxy groups -OCH3 is 1. The van der Waals surface area contributed by atoms with Crippen LogP contribution in [0.1, 0.15) is 15.9 Å². The van der Waals surface area contributed by atoms with Crippen LogP contribution in [0.25, 0.3) is 10.9 Å². The third-order valence-electron chi connectivity index (χ3n) is 3.57. The van der Waals surface area contributed by atoms with Crippen LogP contribution in [0, 0.1) is 6.92 Å². The lowest BCUT2D eigenvalue weighted by Crippen LogP contribution is -2.13. The van der Waals surface area contributed by atoms with Gasteiger partial charge in [0.2, 0.25) is 0 Å². The monoisotopic (exact) mass is 292 g/mol. The van der Waals surface area contributed by atoms with Crippen LogP contribution in [-0.2, 0) is 0 Å². The number of hydrogen-bond donors (Lipinski definition) is 1. The van der Waals surface area contributed by atoms with Crippen molar-refractivity contribution in [3.63, 3.8) is 0 Å². The van der Waals surface area contributed by atoms with Crippen LogP contribution >= 0.6 is 0 Å². The average molecular weight is 292 g/mol. The van der Waals surface area contributed by atoms with Gasteiger partial charge in [0.15, 0.2) is 0 Å². The van der Waals surface area contributed by atoms with Crippen molar-refractivity contribution in [1.82, 2.24) is 4.98 Å². The number of aromatic nitrogens is 1. The largest absolute Gasteiger partial charge is 0.496 e. The van der Waals surface area contributed by atoms with Gasteiger partial charge in [-0.15, -0.1) is 0 Å². The fraction of sp³-hybridized carbons (Fsp3) is 0.111. The van der Waals surface area contributed by atoms with Crippen molar-refractivity contribution in [2.24, 2.45) is 0 Å². The van der Waals surface area contributed by atoms with Gasteiger partial charge in [-0.25, -0.2) is 0 Å². The number of para-hydroxylation sites is 1. The zero-order valence-corrected chi connectivity index (χ0v) is 12.5. The summed E-state index contributed by atoms with van der Waals surface area (Å²) in [6.45, 7) is 2.00. The Bertz CT molecular complexity index is 843. The summed E-state index contributed by atoms with van der Waals surface area (Å²) in [5, 5.41) is 3.87. The highest BCUT2D eigenvalue weighted by Gasteiger charge is 2.13. The summed E-state index contributed by atoms with van der Waals surface area (Å²) >= 11 is 0. The lowest BCUT2D eigenvalue weighted by molar-refractivity contribution is 0.102. The van der Waals surface area contributed by atoms with Crippen molar-refractivity contribution >= 4 is 22.5 Å². The molecule has 4 heteroatoms. The quantitative estimate of drug-likeness (QED) is 0.798. The average Bonchev–Trinajstić information content (AvgIpc) is 2.57. The molecule has 22 heavy (non-hydrogen) atoms. The highest BCUT2D eigenvalue weighted by Crippen LogP contribution is 2.26. The number of pyridine rings is 1. The first-order valence-electron chi connectivity index (χ1n) is 6.99. The highest BCUT2D eigenvalue weighted by atomic mass is 16.5. The van der Waals surface area contributed by atoms with Gasteiger partial charge in [-0.3, -0.25) is 9.78 Å². The molecule has 0 fully saturated rings. The molecule has 0 atom stereocenters. The minimum absolute atomic E-state index is 0.202. The first-order chi connectivity index (χ1) is 10.7. The first-order valence-corrected chi connectivity index (χ1v) is 6.99. The molecule has 0 saturated heterocycles. The maximum atomic E-state index is 12.5. The molecule has 1 aromatic heterocycles. The Morgan fingerprint density at radius 1 is 1.09 bits per heavy atom. The number of rotatable bonds is 3. The van der Waals surface area contributed by atoms with Crippen LogP contribution < -0.4 is 10.1 Å². The molecule has 3 rings (SSSR count). The Kier molecular flexibility index (Phi) is 3.74. The molecule has 4 nitrogen and oxygen atoms in total. The Labute approximate surface area is 128 Å². The van der Waals surface area contributed by atoms with Gasteiger partial charge in [-0.1, -0.05) is 18.2 Å². The van der Waals surface area contributed by atoms with Crippen molar-refractivity contribution in [2.45, 2.75) is 6.92 Å². The smallest absolute Gasteiger partial charge is 0.259 e. The number of nitrogens with one attached hydrogen (secondary N) is 1. The molecule has 2 aromatic carbocycles. The molecule has 0 aliphatic rings. The van der Waals surface area contributed by atoms with Gasteiger partial charge in [-0.05, 0) is 42.8 Å². The molecule has 1 amide bonds. The van der Waals surface area contributed by atoms with E-state index < -0.39 is 0 Å². The van der Waals surface area contributed by atoms with Gasteiger partial charge in [-0.2, -0.15) is 0 Å². The van der Waals surface area contributed by atoms with Crippen LogP contribution in [0.15, 0.2) is 54.7 Å². The van der Waals surface area contributed by atoms with E-state index in [-0.39, 0.29) is 5.91 Å². The van der Waals surface area contributed by atoms with Gasteiger partial charge in [0, 0.05) is 11.6 Å². The fourth-order valence-electron chi connectivity index (χ4n) is 2.44. The topological polar surface area (TPSA) is 51.2 Å². The second kappa shape index (κ2) is 5.85. The van der Waals surface area contributed by atoms with Crippen LogP contribution in [0.3, 0.4) is 0 Å². The molecule has 0 spiro atoms. The number of carbonyl (C=O) groups excluding carboxylic acids is 1. The van der Waals surface area contributed by atoms with Crippen LogP contribution in [0.4, 0.5) is 5.69 Å². The van der Waals surface area contributed by atoms with Crippen molar-refractivity contribution < 1.29 is 9.53 Å². The second-order valence-corrected chi connectivity index (χ2v) is 4.98. The summed E-state index contributed by atoms with van der Waals surface area (Å²) < 4.78 is 5.24. The van der Waals surface area contributed by atoms with Crippen molar-refractivity contribution in [3.05, 3.63) is 65.9 Å². The molecule has 110 valence electrons. The number of carbonyl (C=O) groups is 1. The minimum Gasteiger partial charge on any atom is -0.496 e. The molecule has 0 bridgehead atoms. The fourth-order valence-corrected chi connectivity index (χ4v) is 2.44. The number of fused-ring (bicyclic) bond motifs is 1. The van der Waals surface area contributed by atoms with E-state index in [9.17, 15) is 4.79 Å². The molecular weight excluding hydrogens is 276 g/mol. The van der Waals surface area contributed by atoms with Gasteiger partial charge in [0.25, 0.3) is 5.91 Å². The van der Waals surface area contributed by atoms with E-state index in [0.29, 0.717) is 11.3 Å². The summed E-state index contributed by atoms with van der Waals surface area (Å²) in [5.74, 6) is 0.348. The number of ether oxygens (including phenoxy) is 1. The maximum absolute atomic E-state index is 12.5. The van der Waals surface area contributed by atoms with Crippen LogP contribution in [-0.4, -0.2) is 18.0 Å². The van der Waals surface area contributed by atoms with E-state index in [1.54, 1.807) is 25.4 Å². The van der Waals surface area contributed by atoms with E-state index in [0.717, 1.165) is 22.2 Å². The lowest BCUT2D eigenvalue weighted by atomic mass is 10.1. The van der Waals surface area contributed by atoms with Crippen molar-refractivity contribution in [2.75, 3.05) is 12.4 Å². The molecule has 0 radical (unpaired) electrons. The Morgan fingerprint density at radius 2 is 1.91 bits per heavy atom. The predicted octanol–water partition coefficient (Wildman–Crippen LogP) is 3.80. The summed E-state index contributed by atoms with van der Waals surface area (Å²) in [4.78, 5) is 16.9. The summed E-state index contributed by atoms with van der Waals surface area (Å²) in [6.07, 6.45) is 1.75. The minimum atomic E-state index is -0.202. The van der Waals surface area contributed by atoms with E-state index in [4.69, 9.17) is 4.74 Å². The summed E-state index contributed by atoms with van der Waals surface area (Å²) in [6, 6.07) is 14.8. The van der Waals surface area contributed by atoms with Gasteiger partial charge in [0.1, 0.15) is 5.75 Å². The second-order valence-electron chi connectivity index (χ2n) is 4.98. The van der Waals surface area contributed by atoms with Gasteiger partial charge in [0.05, 0.1) is 23.9 Å². The molecule has 0 saturated carbocycles. The molecule has 0 aliphatic carbocycles. The lowest BCUT2D eigenvalue weighted by Gasteiger charge is -2.11. The molecule has 1 heterocycles. The molecule has 1 N–H and O–H groups in total. The molecule has 3 aromatic rings. The number of hydrogen-bond acceptors (Lipinski definition) is 3. The highest BCUT2D eigenvalue weighted by molar-refractivity contribution is 6.10. The number of aryl methyl sites for hydroxylation is 1. The number of amides is 1. The number of anilines is 1. The van der Waals surface area contributed by atoms with Gasteiger partial charge >= 0.3 is 0 Å². The normalized spacial score (nSPS) is 10.5. The summed E-state index contributed by atoms with van der Waals surface area (Å²) in [5.41, 5.74) is 3.21. The summed E-state index contributed by atoms with van der Waals surface area (Å²) in [7, 11) is 1.55. The Balaban J connectivity index is 2.00. The van der Waals surface area contributed by atoms with E-state index in [1.807, 2.05) is 43.3 Å². The standard InChI is InChI=1S/C18H16N2O2/c1-12-9-10-15(13-7-5-11-19-17(12)13)20-18(21)14-6-3-4-8-16(14)22-2/h3-11H,1-2H3,(H,20,21). The molecular formula is C18H16N2O2. The predicted molar refractivity (Wildman–Crippen MR) is 87.4 cm³/mol. The zero-order chi connectivity index (χ0) is 15.5. The number of nitrogens with zero attached hydrogens (tertiary/aromatic N) is 1. The van der Waals surface area contributed by atoms with Crippen LogP contribution in [0.2, 0.25) is 0 Å². The van der Waals surface area contributed by atoms with E-state index >= 15 is 0 Å². The zero-order valence-electron chi connectivity index (χ0n) is 12.5. The third kappa shape index (κ3) is 2.51. The van der Waals surface area contributed by atoms with Gasteiger partial charge < -0.3 is 10.1 Å². The van der Waals surface area contributed by atoms with Crippen LogP contribution in [0.5, 0.6) is 5.75 Å². The Hall–Kier alpha value is -2.88. The van der Waals surface area contributed by atoms with Crippen molar-refractivity contribution in [3.8, 4) is 5.75 Å². The Morgan fingerprint density at radius 3 is 2.73 bits per heavy atom. The molecule has 0 unspecified atom stereocenters. The number of benzene rings is 2. The van der Waals surface area contributed by atoms with E-state index in [1.165, 1.54) is 0 Å². The van der Waals surface area contributed by atoms with E-state index in [2.05, 4.69) is 10.3 Å². The first kappa shape index (κ1) is 14.1. The maximum Gasteiger partial charge on any atom is 0.259 e. The SMILES string of the molecule is COc1ccccc1C(=O)Nc1ccc(C)c2ncccc12. The van der Waals surface area contributed by atoms with Crippen molar-refractivity contribution in [1.29, 1.82) is 0 Å². The molecule has 0 aliphatic heterocycles.